The Morgan fingerprint density at radius 2 is 1.35 bits per heavy atom. The van der Waals surface area contributed by atoms with Gasteiger partial charge in [0, 0.05) is 0 Å². The predicted octanol–water partition coefficient (Wildman–Crippen LogP) is 6.01. The van der Waals surface area contributed by atoms with Gasteiger partial charge < -0.3 is 4.74 Å². The van der Waals surface area contributed by atoms with Crippen LogP contribution in [-0.4, -0.2) is 17.4 Å². The van der Waals surface area contributed by atoms with E-state index >= 15 is 0 Å². The topological polar surface area (TPSA) is 26.3 Å². The van der Waals surface area contributed by atoms with Gasteiger partial charge in [0.1, 0.15) is 4.83 Å². The Kier molecular flexibility index (Phi) is 15.3. The Labute approximate surface area is 134 Å². The van der Waals surface area contributed by atoms with E-state index in [0.717, 1.165) is 25.7 Å². The van der Waals surface area contributed by atoms with Crippen molar-refractivity contribution in [3.63, 3.8) is 0 Å². The molecule has 0 saturated heterocycles. The first-order valence-corrected chi connectivity index (χ1v) is 9.44. The van der Waals surface area contributed by atoms with Crippen LogP contribution in [-0.2, 0) is 9.53 Å². The number of alkyl halides is 1. The summed E-state index contributed by atoms with van der Waals surface area (Å²) in [7, 11) is 0. The second kappa shape index (κ2) is 15.3. The summed E-state index contributed by atoms with van der Waals surface area (Å²) in [5.41, 5.74) is 0. The summed E-state index contributed by atoms with van der Waals surface area (Å²) in [4.78, 5) is 11.5. The lowest BCUT2D eigenvalue weighted by atomic mass is 10.1. The van der Waals surface area contributed by atoms with Crippen LogP contribution in [0.4, 0.5) is 0 Å². The van der Waals surface area contributed by atoms with E-state index in [2.05, 4.69) is 29.8 Å². The fourth-order valence-electron chi connectivity index (χ4n) is 2.18. The van der Waals surface area contributed by atoms with Crippen molar-refractivity contribution in [2.45, 2.75) is 95.7 Å². The number of unbranched alkanes of at least 4 members (excludes halogenated alkanes) is 9. The summed E-state index contributed by atoms with van der Waals surface area (Å²) in [5, 5.41) is 0. The molecule has 20 heavy (non-hydrogen) atoms. The van der Waals surface area contributed by atoms with Crippen LogP contribution in [0.2, 0.25) is 0 Å². The standard InChI is InChI=1S/C17H33BrO2/c1-3-5-7-8-9-10-11-12-13-15-20-17(19)16(18)14-6-4-2/h16H,3-15H2,1-2H3. The predicted molar refractivity (Wildman–Crippen MR) is 90.4 cm³/mol. The average molecular weight is 349 g/mol. The van der Waals surface area contributed by atoms with Crippen molar-refractivity contribution in [2.24, 2.45) is 0 Å². The maximum atomic E-state index is 11.6. The fourth-order valence-corrected chi connectivity index (χ4v) is 2.63. The van der Waals surface area contributed by atoms with E-state index in [1.165, 1.54) is 51.4 Å². The fraction of sp³-hybridized carbons (Fsp3) is 0.941. The molecule has 1 unspecified atom stereocenters. The first kappa shape index (κ1) is 19.9. The highest BCUT2D eigenvalue weighted by molar-refractivity contribution is 9.10. The van der Waals surface area contributed by atoms with E-state index in [1.54, 1.807) is 0 Å². The number of hydrogen-bond acceptors (Lipinski definition) is 2. The van der Waals surface area contributed by atoms with E-state index in [9.17, 15) is 4.79 Å². The van der Waals surface area contributed by atoms with Crippen molar-refractivity contribution in [3.05, 3.63) is 0 Å². The van der Waals surface area contributed by atoms with Gasteiger partial charge >= 0.3 is 5.97 Å². The van der Waals surface area contributed by atoms with Gasteiger partial charge in [-0.3, -0.25) is 4.79 Å². The quantitative estimate of drug-likeness (QED) is 0.218. The second-order valence-electron chi connectivity index (χ2n) is 5.61. The van der Waals surface area contributed by atoms with Crippen LogP contribution >= 0.6 is 15.9 Å². The maximum absolute atomic E-state index is 11.6. The van der Waals surface area contributed by atoms with Gasteiger partial charge in [-0.1, -0.05) is 94.0 Å². The Morgan fingerprint density at radius 3 is 1.90 bits per heavy atom. The highest BCUT2D eigenvalue weighted by Gasteiger charge is 2.14. The number of halogens is 1. The molecule has 0 aliphatic heterocycles. The van der Waals surface area contributed by atoms with Crippen LogP contribution < -0.4 is 0 Å². The molecule has 120 valence electrons. The van der Waals surface area contributed by atoms with Gasteiger partial charge in [0.05, 0.1) is 6.61 Å². The SMILES string of the molecule is CCCCCCCCCCCOC(=O)C(Br)CCCC. The number of carbonyl (C=O) groups is 1. The number of hydrogen-bond donors (Lipinski definition) is 0. The molecule has 0 amide bonds. The van der Waals surface area contributed by atoms with Crippen molar-refractivity contribution in [2.75, 3.05) is 6.61 Å². The number of rotatable bonds is 14. The Hall–Kier alpha value is -0.0500. The Bertz CT molecular complexity index is 219. The maximum Gasteiger partial charge on any atom is 0.319 e. The van der Waals surface area contributed by atoms with Gasteiger partial charge in [-0.2, -0.15) is 0 Å². The molecule has 0 rings (SSSR count). The third-order valence-corrected chi connectivity index (χ3v) is 4.39. The van der Waals surface area contributed by atoms with E-state index in [-0.39, 0.29) is 10.8 Å². The zero-order valence-corrected chi connectivity index (χ0v) is 15.1. The molecule has 0 heterocycles. The lowest BCUT2D eigenvalue weighted by Crippen LogP contribution is -2.17. The summed E-state index contributed by atoms with van der Waals surface area (Å²) in [6.07, 6.45) is 14.7. The molecule has 0 radical (unpaired) electrons. The first-order valence-electron chi connectivity index (χ1n) is 8.53. The van der Waals surface area contributed by atoms with Gasteiger partial charge in [0.2, 0.25) is 0 Å². The van der Waals surface area contributed by atoms with Crippen molar-refractivity contribution in [3.8, 4) is 0 Å². The smallest absolute Gasteiger partial charge is 0.319 e. The van der Waals surface area contributed by atoms with Crippen molar-refractivity contribution < 1.29 is 9.53 Å². The van der Waals surface area contributed by atoms with Gasteiger partial charge in [-0.05, 0) is 12.8 Å². The second-order valence-corrected chi connectivity index (χ2v) is 6.71. The van der Waals surface area contributed by atoms with Crippen molar-refractivity contribution in [1.82, 2.24) is 0 Å². The monoisotopic (exact) mass is 348 g/mol. The van der Waals surface area contributed by atoms with Crippen LogP contribution in [0.1, 0.15) is 90.9 Å². The molecule has 0 N–H and O–H groups in total. The minimum Gasteiger partial charge on any atom is -0.465 e. The lowest BCUT2D eigenvalue weighted by molar-refractivity contribution is -0.143. The van der Waals surface area contributed by atoms with Crippen LogP contribution in [0, 0.1) is 0 Å². The zero-order valence-electron chi connectivity index (χ0n) is 13.5. The summed E-state index contributed by atoms with van der Waals surface area (Å²) in [5.74, 6) is -0.0852. The molecule has 0 bridgehead atoms. The van der Waals surface area contributed by atoms with E-state index < -0.39 is 0 Å². The molecule has 0 aromatic carbocycles. The largest absolute Gasteiger partial charge is 0.465 e. The minimum absolute atomic E-state index is 0.0852. The summed E-state index contributed by atoms with van der Waals surface area (Å²) >= 11 is 3.39. The van der Waals surface area contributed by atoms with E-state index in [0.29, 0.717) is 6.61 Å². The molecule has 1 atom stereocenters. The van der Waals surface area contributed by atoms with Gasteiger partial charge in [0.15, 0.2) is 0 Å². The third-order valence-electron chi connectivity index (χ3n) is 3.56. The lowest BCUT2D eigenvalue weighted by Gasteiger charge is -2.09. The molecule has 0 aromatic rings. The van der Waals surface area contributed by atoms with Gasteiger partial charge in [-0.25, -0.2) is 0 Å². The molecule has 0 aliphatic rings. The Balaban J connectivity index is 3.24. The highest BCUT2D eigenvalue weighted by atomic mass is 79.9. The molecule has 0 spiro atoms. The summed E-state index contributed by atoms with van der Waals surface area (Å²) in [6.45, 7) is 4.97. The molecule has 0 fully saturated rings. The minimum atomic E-state index is -0.110. The van der Waals surface area contributed by atoms with Crippen LogP contribution in [0.15, 0.2) is 0 Å². The molecule has 0 aliphatic carbocycles. The molecular formula is C17H33BrO2. The molecular weight excluding hydrogens is 316 g/mol. The first-order chi connectivity index (χ1) is 9.72. The van der Waals surface area contributed by atoms with Crippen LogP contribution in [0.5, 0.6) is 0 Å². The number of esters is 1. The number of carbonyl (C=O) groups excluding carboxylic acids is 1. The summed E-state index contributed by atoms with van der Waals surface area (Å²) in [6, 6.07) is 0. The Morgan fingerprint density at radius 1 is 0.850 bits per heavy atom. The normalized spacial score (nSPS) is 12.3. The van der Waals surface area contributed by atoms with Gasteiger partial charge in [0.25, 0.3) is 0 Å². The van der Waals surface area contributed by atoms with Crippen LogP contribution in [0.3, 0.4) is 0 Å². The van der Waals surface area contributed by atoms with Gasteiger partial charge in [-0.15, -0.1) is 0 Å². The number of ether oxygens (including phenoxy) is 1. The van der Waals surface area contributed by atoms with Crippen molar-refractivity contribution in [1.29, 1.82) is 0 Å². The van der Waals surface area contributed by atoms with Crippen LogP contribution in [0.25, 0.3) is 0 Å². The summed E-state index contributed by atoms with van der Waals surface area (Å²) < 4.78 is 5.27. The molecule has 0 saturated carbocycles. The van der Waals surface area contributed by atoms with E-state index in [4.69, 9.17) is 4.74 Å². The highest BCUT2D eigenvalue weighted by Crippen LogP contribution is 2.13. The molecule has 2 nitrogen and oxygen atoms in total. The zero-order chi connectivity index (χ0) is 15.1. The average Bonchev–Trinajstić information content (AvgIpc) is 2.46. The van der Waals surface area contributed by atoms with Crippen molar-refractivity contribution >= 4 is 21.9 Å². The molecule has 0 aromatic heterocycles. The third kappa shape index (κ3) is 13.0. The molecule has 3 heteroatoms. The van der Waals surface area contributed by atoms with E-state index in [1.807, 2.05) is 0 Å².